The molecule has 0 saturated carbocycles. The summed E-state index contributed by atoms with van der Waals surface area (Å²) in [6, 6.07) is 6.37. The van der Waals surface area contributed by atoms with Crippen molar-refractivity contribution in [3.63, 3.8) is 0 Å². The van der Waals surface area contributed by atoms with Gasteiger partial charge in [-0.05, 0) is 18.1 Å². The molecule has 0 atom stereocenters. The van der Waals surface area contributed by atoms with Crippen LogP contribution >= 0.6 is 11.8 Å². The Balaban J connectivity index is 2.13. The Kier molecular flexibility index (Phi) is 4.42. The number of benzene rings is 1. The minimum atomic E-state index is -0.397. The number of non-ortho nitro benzene ring substituents is 1. The highest BCUT2D eigenvalue weighted by molar-refractivity contribution is 8.14. The standard InChI is InChI=1S/C13H17N3O2S/c1-10(2)9-15-7-8-19-13(15)14-11-3-5-12(6-4-11)16(17)18/h3-6,10H,7-9H2,1-2H3. The molecule has 1 heterocycles. The quantitative estimate of drug-likeness (QED) is 0.627. The highest BCUT2D eigenvalue weighted by atomic mass is 32.2. The van der Waals surface area contributed by atoms with E-state index in [9.17, 15) is 10.1 Å². The third-order valence-corrected chi connectivity index (χ3v) is 3.73. The summed E-state index contributed by atoms with van der Waals surface area (Å²) in [5.74, 6) is 1.65. The molecule has 2 rings (SSSR count). The number of hydrogen-bond acceptors (Lipinski definition) is 4. The fraction of sp³-hybridized carbons (Fsp3) is 0.462. The Morgan fingerprint density at radius 3 is 2.68 bits per heavy atom. The van der Waals surface area contributed by atoms with Crippen LogP contribution in [0.4, 0.5) is 11.4 Å². The molecule has 1 aromatic carbocycles. The molecule has 0 spiro atoms. The Labute approximate surface area is 116 Å². The smallest absolute Gasteiger partial charge is 0.269 e. The van der Waals surface area contributed by atoms with Crippen molar-refractivity contribution in [1.29, 1.82) is 0 Å². The van der Waals surface area contributed by atoms with Crippen molar-refractivity contribution in [2.75, 3.05) is 18.8 Å². The molecule has 1 fully saturated rings. The Morgan fingerprint density at radius 1 is 1.42 bits per heavy atom. The van der Waals surface area contributed by atoms with Crippen molar-refractivity contribution < 1.29 is 4.92 Å². The molecule has 0 aliphatic carbocycles. The molecule has 0 aromatic heterocycles. The Morgan fingerprint density at radius 2 is 2.11 bits per heavy atom. The van der Waals surface area contributed by atoms with Crippen LogP contribution in [0, 0.1) is 16.0 Å². The molecule has 1 aliphatic rings. The SMILES string of the molecule is CC(C)CN1CCSC1=Nc1ccc([N+](=O)[O-])cc1. The van der Waals surface area contributed by atoms with Gasteiger partial charge in [-0.3, -0.25) is 10.1 Å². The molecule has 1 aromatic rings. The first kappa shape index (κ1) is 13.9. The normalized spacial score (nSPS) is 17.4. The third kappa shape index (κ3) is 3.70. The van der Waals surface area contributed by atoms with E-state index in [0.717, 1.165) is 29.7 Å². The Bertz CT molecular complexity index is 485. The molecule has 6 heteroatoms. The van der Waals surface area contributed by atoms with Crippen molar-refractivity contribution in [1.82, 2.24) is 4.90 Å². The van der Waals surface area contributed by atoms with E-state index < -0.39 is 4.92 Å². The van der Waals surface area contributed by atoms with Gasteiger partial charge in [-0.25, -0.2) is 4.99 Å². The summed E-state index contributed by atoms with van der Waals surface area (Å²) < 4.78 is 0. The molecule has 102 valence electrons. The molecule has 0 amide bonds. The lowest BCUT2D eigenvalue weighted by Gasteiger charge is -2.19. The lowest BCUT2D eigenvalue weighted by molar-refractivity contribution is -0.384. The monoisotopic (exact) mass is 279 g/mol. The van der Waals surface area contributed by atoms with Gasteiger partial charge in [-0.1, -0.05) is 25.6 Å². The van der Waals surface area contributed by atoms with E-state index in [1.165, 1.54) is 12.1 Å². The van der Waals surface area contributed by atoms with Crippen LogP contribution in [0.3, 0.4) is 0 Å². The van der Waals surface area contributed by atoms with Gasteiger partial charge in [0.15, 0.2) is 5.17 Å². The maximum Gasteiger partial charge on any atom is 0.269 e. The first-order valence-electron chi connectivity index (χ1n) is 6.27. The molecule has 0 unspecified atom stereocenters. The summed E-state index contributed by atoms with van der Waals surface area (Å²) in [6.45, 7) is 6.40. The fourth-order valence-corrected chi connectivity index (χ4v) is 2.92. The highest BCUT2D eigenvalue weighted by Crippen LogP contribution is 2.24. The van der Waals surface area contributed by atoms with Gasteiger partial charge in [-0.15, -0.1) is 0 Å². The van der Waals surface area contributed by atoms with Gasteiger partial charge < -0.3 is 4.90 Å². The van der Waals surface area contributed by atoms with E-state index in [-0.39, 0.29) is 5.69 Å². The molecule has 19 heavy (non-hydrogen) atoms. The Hall–Kier alpha value is -1.56. The summed E-state index contributed by atoms with van der Waals surface area (Å²) in [5, 5.41) is 11.6. The van der Waals surface area contributed by atoms with Crippen LogP contribution in [0.5, 0.6) is 0 Å². The van der Waals surface area contributed by atoms with E-state index >= 15 is 0 Å². The second-order valence-corrected chi connectivity index (χ2v) is 5.92. The number of hydrogen-bond donors (Lipinski definition) is 0. The molecule has 1 saturated heterocycles. The molecular formula is C13H17N3O2S. The van der Waals surface area contributed by atoms with Crippen LogP contribution in [-0.2, 0) is 0 Å². The zero-order valence-electron chi connectivity index (χ0n) is 11.1. The zero-order valence-corrected chi connectivity index (χ0v) is 11.9. The van der Waals surface area contributed by atoms with Crippen LogP contribution in [0.1, 0.15) is 13.8 Å². The largest absolute Gasteiger partial charge is 0.350 e. The summed E-state index contributed by atoms with van der Waals surface area (Å²) in [4.78, 5) is 17.0. The number of aliphatic imine (C=N–C) groups is 1. The summed E-state index contributed by atoms with van der Waals surface area (Å²) in [6.07, 6.45) is 0. The number of rotatable bonds is 4. The second-order valence-electron chi connectivity index (χ2n) is 4.86. The van der Waals surface area contributed by atoms with E-state index in [4.69, 9.17) is 0 Å². The number of nitro benzene ring substituents is 1. The van der Waals surface area contributed by atoms with E-state index in [1.807, 2.05) is 0 Å². The van der Waals surface area contributed by atoms with Gasteiger partial charge in [0.1, 0.15) is 0 Å². The lowest BCUT2D eigenvalue weighted by atomic mass is 10.2. The van der Waals surface area contributed by atoms with E-state index in [0.29, 0.717) is 5.92 Å². The van der Waals surface area contributed by atoms with Gasteiger partial charge in [0.25, 0.3) is 5.69 Å². The molecule has 5 nitrogen and oxygen atoms in total. The van der Waals surface area contributed by atoms with Crippen LogP contribution in [0.15, 0.2) is 29.3 Å². The van der Waals surface area contributed by atoms with Crippen LogP contribution < -0.4 is 0 Å². The average Bonchev–Trinajstić information content (AvgIpc) is 2.76. The molecular weight excluding hydrogens is 262 g/mol. The van der Waals surface area contributed by atoms with Gasteiger partial charge in [-0.2, -0.15) is 0 Å². The van der Waals surface area contributed by atoms with Crippen molar-refractivity contribution in [3.05, 3.63) is 34.4 Å². The lowest BCUT2D eigenvalue weighted by Crippen LogP contribution is -2.28. The van der Waals surface area contributed by atoms with Crippen molar-refractivity contribution in [3.8, 4) is 0 Å². The van der Waals surface area contributed by atoms with E-state index in [2.05, 4.69) is 23.7 Å². The fourth-order valence-electron chi connectivity index (χ4n) is 1.91. The van der Waals surface area contributed by atoms with Crippen LogP contribution in [0.2, 0.25) is 0 Å². The van der Waals surface area contributed by atoms with E-state index in [1.54, 1.807) is 23.9 Å². The van der Waals surface area contributed by atoms with Crippen molar-refractivity contribution in [2.45, 2.75) is 13.8 Å². The number of nitrogens with zero attached hydrogens (tertiary/aromatic N) is 3. The van der Waals surface area contributed by atoms with Gasteiger partial charge in [0.2, 0.25) is 0 Å². The maximum absolute atomic E-state index is 10.6. The molecule has 0 N–H and O–H groups in total. The minimum Gasteiger partial charge on any atom is -0.350 e. The van der Waals surface area contributed by atoms with Gasteiger partial charge in [0, 0.05) is 31.0 Å². The summed E-state index contributed by atoms with van der Waals surface area (Å²) >= 11 is 1.74. The topological polar surface area (TPSA) is 58.7 Å². The predicted molar refractivity (Wildman–Crippen MR) is 79.1 cm³/mol. The van der Waals surface area contributed by atoms with Crippen molar-refractivity contribution in [2.24, 2.45) is 10.9 Å². The molecule has 0 bridgehead atoms. The highest BCUT2D eigenvalue weighted by Gasteiger charge is 2.20. The van der Waals surface area contributed by atoms with Crippen LogP contribution in [-0.4, -0.2) is 33.8 Å². The van der Waals surface area contributed by atoms with Crippen LogP contribution in [0.25, 0.3) is 0 Å². The molecule has 0 radical (unpaired) electrons. The van der Waals surface area contributed by atoms with Gasteiger partial charge in [0.05, 0.1) is 10.6 Å². The first-order chi connectivity index (χ1) is 9.06. The molecule has 1 aliphatic heterocycles. The zero-order chi connectivity index (χ0) is 13.8. The summed E-state index contributed by atoms with van der Waals surface area (Å²) in [5.41, 5.74) is 0.866. The van der Waals surface area contributed by atoms with Gasteiger partial charge >= 0.3 is 0 Å². The number of amidine groups is 1. The average molecular weight is 279 g/mol. The number of thioether (sulfide) groups is 1. The predicted octanol–water partition coefficient (Wildman–Crippen LogP) is 3.29. The number of nitro groups is 1. The second kappa shape index (κ2) is 6.06. The third-order valence-electron chi connectivity index (χ3n) is 2.73. The summed E-state index contributed by atoms with van der Waals surface area (Å²) in [7, 11) is 0. The first-order valence-corrected chi connectivity index (χ1v) is 7.25. The van der Waals surface area contributed by atoms with Crippen molar-refractivity contribution >= 4 is 28.3 Å². The maximum atomic E-state index is 10.6. The minimum absolute atomic E-state index is 0.0991.